The van der Waals surface area contributed by atoms with E-state index in [1.165, 1.54) is 54.8 Å². The molecule has 8 aromatic carbocycles. The standard InChI is InChI=1S/C55H42N2O/c1-55(35-34-52-50(37-55)45-28-15-16-31-51(45)58-52)57(41-24-9-4-10-25-41)42-32-33-48-49(36-42)44-27-13-14-29-47(44)53(46-30-17-19-38-18-11-12-26-43(38)46)54(48)56(39-20-5-2-6-21-39)40-22-7-3-8-23-40/h2,4-7,9-34,36-37H,3,8,35H2,1H3. The molecule has 0 fully saturated rings. The molecule has 0 aliphatic heterocycles. The Morgan fingerprint density at radius 3 is 2.02 bits per heavy atom. The Morgan fingerprint density at radius 2 is 1.22 bits per heavy atom. The van der Waals surface area contributed by atoms with Crippen molar-refractivity contribution in [2.75, 3.05) is 9.80 Å². The maximum absolute atomic E-state index is 6.36. The maximum atomic E-state index is 6.36. The molecule has 0 N–H and O–H groups in total. The van der Waals surface area contributed by atoms with Crippen molar-refractivity contribution < 1.29 is 4.42 Å². The Morgan fingerprint density at radius 1 is 0.534 bits per heavy atom. The Bertz CT molecular complexity index is 3220. The largest absolute Gasteiger partial charge is 0.456 e. The number of furan rings is 1. The molecule has 0 spiro atoms. The second kappa shape index (κ2) is 13.8. The van der Waals surface area contributed by atoms with Crippen LogP contribution in [0, 0.1) is 0 Å². The van der Waals surface area contributed by atoms with Gasteiger partial charge in [0.2, 0.25) is 0 Å². The number of benzene rings is 8. The minimum Gasteiger partial charge on any atom is -0.456 e. The molecule has 11 rings (SSSR count). The van der Waals surface area contributed by atoms with E-state index >= 15 is 0 Å². The van der Waals surface area contributed by atoms with Crippen LogP contribution in [0.4, 0.5) is 22.7 Å². The van der Waals surface area contributed by atoms with Crippen molar-refractivity contribution in [2.24, 2.45) is 0 Å². The van der Waals surface area contributed by atoms with Crippen molar-refractivity contribution in [1.29, 1.82) is 0 Å². The molecule has 1 unspecified atom stereocenters. The number of allylic oxidation sites excluding steroid dienone is 3. The summed E-state index contributed by atoms with van der Waals surface area (Å²) in [7, 11) is 0. The minimum atomic E-state index is -0.385. The fourth-order valence-corrected chi connectivity index (χ4v) is 9.52. The van der Waals surface area contributed by atoms with E-state index in [0.717, 1.165) is 57.9 Å². The van der Waals surface area contributed by atoms with Gasteiger partial charge in [-0.1, -0.05) is 140 Å². The fraction of sp³-hybridized carbons (Fsp3) is 0.0909. The van der Waals surface area contributed by atoms with Gasteiger partial charge >= 0.3 is 0 Å². The van der Waals surface area contributed by atoms with Crippen LogP contribution in [0.1, 0.15) is 26.2 Å². The first-order chi connectivity index (χ1) is 28.6. The smallest absolute Gasteiger partial charge is 0.135 e. The van der Waals surface area contributed by atoms with Crippen LogP contribution in [0.5, 0.6) is 0 Å². The normalized spacial score (nSPS) is 16.2. The number of rotatable bonds is 7. The average molecular weight is 747 g/mol. The highest BCUT2D eigenvalue weighted by atomic mass is 16.3. The lowest BCUT2D eigenvalue weighted by atomic mass is 9.86. The highest BCUT2D eigenvalue weighted by molar-refractivity contribution is 6.24. The van der Waals surface area contributed by atoms with Gasteiger partial charge in [0.1, 0.15) is 11.0 Å². The summed E-state index contributed by atoms with van der Waals surface area (Å²) < 4.78 is 6.36. The molecule has 1 heterocycles. The topological polar surface area (TPSA) is 19.6 Å². The first-order valence-corrected chi connectivity index (χ1v) is 20.4. The average Bonchev–Trinajstić information content (AvgIpc) is 3.65. The predicted octanol–water partition coefficient (Wildman–Crippen LogP) is 13.5. The van der Waals surface area contributed by atoms with E-state index in [9.17, 15) is 0 Å². The molecule has 278 valence electrons. The summed E-state index contributed by atoms with van der Waals surface area (Å²) in [6, 6.07) is 61.9. The summed E-state index contributed by atoms with van der Waals surface area (Å²) in [5, 5.41) is 9.65. The van der Waals surface area contributed by atoms with Gasteiger partial charge in [-0.05, 0) is 119 Å². The molecule has 0 radical (unpaired) electrons. The van der Waals surface area contributed by atoms with Crippen molar-refractivity contribution in [3.63, 3.8) is 0 Å². The Kier molecular flexibility index (Phi) is 8.15. The van der Waals surface area contributed by atoms with E-state index in [1.54, 1.807) is 0 Å². The molecule has 9 aromatic rings. The highest BCUT2D eigenvalue weighted by Crippen LogP contribution is 2.51. The first kappa shape index (κ1) is 34.2. The van der Waals surface area contributed by atoms with E-state index < -0.39 is 0 Å². The molecule has 0 saturated heterocycles. The Balaban J connectivity index is 1.23. The number of para-hydroxylation sites is 3. The van der Waals surface area contributed by atoms with Crippen molar-refractivity contribution in [2.45, 2.75) is 31.7 Å². The molecule has 0 bridgehead atoms. The van der Waals surface area contributed by atoms with Crippen LogP contribution in [0.3, 0.4) is 0 Å². The van der Waals surface area contributed by atoms with Crippen molar-refractivity contribution in [3.8, 4) is 11.1 Å². The van der Waals surface area contributed by atoms with Crippen molar-refractivity contribution >= 4 is 78.2 Å². The zero-order valence-corrected chi connectivity index (χ0v) is 32.5. The third-order valence-electron chi connectivity index (χ3n) is 12.1. The Hall–Kier alpha value is -7.10. The molecule has 0 saturated carbocycles. The minimum absolute atomic E-state index is 0.385. The monoisotopic (exact) mass is 746 g/mol. The molecule has 58 heavy (non-hydrogen) atoms. The van der Waals surface area contributed by atoms with Crippen LogP contribution in [0.15, 0.2) is 198 Å². The molecule has 1 aromatic heterocycles. The number of nitrogens with zero attached hydrogens (tertiary/aromatic N) is 2. The van der Waals surface area contributed by atoms with Gasteiger partial charge in [-0.25, -0.2) is 0 Å². The SMILES string of the molecule is CC1(N(c2ccccc2)c2ccc3c(N(C4=CCCC=C4)c4ccccc4)c(-c4cccc5ccccc45)c4ccccc4c3c2)C=c2c(oc3ccccc23)=CC1. The van der Waals surface area contributed by atoms with E-state index in [1.807, 2.05) is 6.07 Å². The first-order valence-electron chi connectivity index (χ1n) is 20.4. The van der Waals surface area contributed by atoms with Crippen LogP contribution in [0.2, 0.25) is 0 Å². The van der Waals surface area contributed by atoms with Crippen molar-refractivity contribution in [3.05, 3.63) is 204 Å². The van der Waals surface area contributed by atoms with Gasteiger partial charge in [0, 0.05) is 44.3 Å². The van der Waals surface area contributed by atoms with Crippen LogP contribution in [-0.2, 0) is 0 Å². The summed E-state index contributed by atoms with van der Waals surface area (Å²) in [6.45, 7) is 2.36. The quantitative estimate of drug-likeness (QED) is 0.151. The molecular formula is C55H42N2O. The third-order valence-corrected chi connectivity index (χ3v) is 12.1. The molecule has 0 amide bonds. The summed E-state index contributed by atoms with van der Waals surface area (Å²) in [5.41, 5.74) is 9.74. The third kappa shape index (κ3) is 5.57. The summed E-state index contributed by atoms with van der Waals surface area (Å²) in [6.07, 6.45) is 14.6. The zero-order chi connectivity index (χ0) is 38.6. The van der Waals surface area contributed by atoms with Crippen LogP contribution >= 0.6 is 0 Å². The maximum Gasteiger partial charge on any atom is 0.135 e. The second-order valence-corrected chi connectivity index (χ2v) is 15.8. The fourth-order valence-electron chi connectivity index (χ4n) is 9.52. The van der Waals surface area contributed by atoms with Gasteiger partial charge in [-0.15, -0.1) is 0 Å². The zero-order valence-electron chi connectivity index (χ0n) is 32.5. The summed E-state index contributed by atoms with van der Waals surface area (Å²) in [5.74, 6) is 0. The second-order valence-electron chi connectivity index (χ2n) is 15.8. The number of hydrogen-bond acceptors (Lipinski definition) is 3. The number of hydrogen-bond donors (Lipinski definition) is 0. The lowest BCUT2D eigenvalue weighted by molar-refractivity contribution is 0.553. The van der Waals surface area contributed by atoms with Gasteiger partial charge in [0.25, 0.3) is 0 Å². The van der Waals surface area contributed by atoms with Gasteiger partial charge in [0.15, 0.2) is 0 Å². The van der Waals surface area contributed by atoms with E-state index in [4.69, 9.17) is 4.42 Å². The highest BCUT2D eigenvalue weighted by Gasteiger charge is 2.34. The van der Waals surface area contributed by atoms with Gasteiger partial charge in [0.05, 0.1) is 11.2 Å². The number of fused-ring (bicyclic) bond motifs is 7. The summed E-state index contributed by atoms with van der Waals surface area (Å²) in [4.78, 5) is 5.04. The van der Waals surface area contributed by atoms with E-state index in [2.05, 4.69) is 211 Å². The van der Waals surface area contributed by atoms with Crippen LogP contribution in [-0.4, -0.2) is 5.54 Å². The summed E-state index contributed by atoms with van der Waals surface area (Å²) >= 11 is 0. The lowest BCUT2D eigenvalue weighted by Gasteiger charge is -2.42. The van der Waals surface area contributed by atoms with Crippen molar-refractivity contribution in [1.82, 2.24) is 0 Å². The lowest BCUT2D eigenvalue weighted by Crippen LogP contribution is -2.46. The van der Waals surface area contributed by atoms with Gasteiger partial charge in [-0.2, -0.15) is 0 Å². The molecule has 3 heteroatoms. The predicted molar refractivity (Wildman–Crippen MR) is 245 cm³/mol. The van der Waals surface area contributed by atoms with Crippen LogP contribution in [0.25, 0.3) is 66.6 Å². The van der Waals surface area contributed by atoms with Gasteiger partial charge in [-0.3, -0.25) is 0 Å². The van der Waals surface area contributed by atoms with Crippen LogP contribution < -0.4 is 20.4 Å². The molecule has 2 aliphatic rings. The van der Waals surface area contributed by atoms with E-state index in [-0.39, 0.29) is 5.54 Å². The van der Waals surface area contributed by atoms with Gasteiger partial charge < -0.3 is 14.2 Å². The molecule has 3 nitrogen and oxygen atoms in total. The Labute approximate surface area is 338 Å². The molecule has 1 atom stereocenters. The molecular weight excluding hydrogens is 705 g/mol. The number of anilines is 4. The molecule has 2 aliphatic carbocycles. The van der Waals surface area contributed by atoms with E-state index in [0.29, 0.717) is 0 Å².